The van der Waals surface area contributed by atoms with E-state index in [1.54, 1.807) is 18.4 Å². The molecule has 9 heteroatoms. The number of sulfonamides is 1. The minimum Gasteiger partial charge on any atom is -0.469 e. The van der Waals surface area contributed by atoms with Gasteiger partial charge in [0.05, 0.1) is 17.7 Å². The largest absolute Gasteiger partial charge is 0.469 e. The molecule has 7 nitrogen and oxygen atoms in total. The number of furan rings is 1. The molecule has 1 aliphatic rings. The summed E-state index contributed by atoms with van der Waals surface area (Å²) < 4.78 is 28.2. The summed E-state index contributed by atoms with van der Waals surface area (Å²) in [4.78, 5) is 4.81. The topological polar surface area (TPSA) is 110 Å². The van der Waals surface area contributed by atoms with Crippen molar-refractivity contribution in [2.24, 2.45) is 21.5 Å². The van der Waals surface area contributed by atoms with Crippen LogP contribution in [-0.2, 0) is 23.0 Å². The molecule has 4 N–H and O–H groups in total. The van der Waals surface area contributed by atoms with Crippen molar-refractivity contribution < 1.29 is 12.8 Å². The molecule has 2 aromatic rings. The molecular formula is C23H35IN4O3S. The lowest BCUT2D eigenvalue weighted by atomic mass is 9.73. The third-order valence-corrected chi connectivity index (χ3v) is 6.86. The number of nitrogens with one attached hydrogen (secondary N) is 2. The average Bonchev–Trinajstić information content (AvgIpc) is 3.23. The van der Waals surface area contributed by atoms with E-state index >= 15 is 0 Å². The Morgan fingerprint density at radius 2 is 1.84 bits per heavy atom. The monoisotopic (exact) mass is 574 g/mol. The van der Waals surface area contributed by atoms with Crippen LogP contribution in [0.4, 0.5) is 0 Å². The van der Waals surface area contributed by atoms with Crippen molar-refractivity contribution in [3.05, 3.63) is 54.0 Å². The number of guanidine groups is 1. The second kappa shape index (κ2) is 12.0. The van der Waals surface area contributed by atoms with Crippen molar-refractivity contribution in [3.8, 4) is 0 Å². The van der Waals surface area contributed by atoms with Gasteiger partial charge < -0.3 is 15.1 Å². The third-order valence-electron chi connectivity index (χ3n) is 5.93. The predicted octanol–water partition coefficient (Wildman–Crippen LogP) is 4.04. The first kappa shape index (κ1) is 26.7. The van der Waals surface area contributed by atoms with E-state index in [1.165, 1.54) is 37.8 Å². The van der Waals surface area contributed by atoms with E-state index in [2.05, 4.69) is 24.5 Å². The maximum atomic E-state index is 11.4. The van der Waals surface area contributed by atoms with Gasteiger partial charge in [0.2, 0.25) is 10.0 Å². The molecule has 0 bridgehead atoms. The van der Waals surface area contributed by atoms with Crippen molar-refractivity contribution in [2.45, 2.75) is 57.4 Å². The van der Waals surface area contributed by atoms with Crippen molar-refractivity contribution >= 4 is 40.0 Å². The van der Waals surface area contributed by atoms with Gasteiger partial charge in [-0.15, -0.1) is 24.0 Å². The molecule has 1 aromatic heterocycles. The van der Waals surface area contributed by atoms with E-state index < -0.39 is 10.0 Å². The van der Waals surface area contributed by atoms with E-state index in [4.69, 9.17) is 14.5 Å². The van der Waals surface area contributed by atoms with Crippen molar-refractivity contribution in [1.82, 2.24) is 10.6 Å². The van der Waals surface area contributed by atoms with Crippen molar-refractivity contribution in [1.29, 1.82) is 0 Å². The zero-order valence-electron chi connectivity index (χ0n) is 18.8. The first-order valence-electron chi connectivity index (χ1n) is 10.9. The number of primary sulfonamides is 1. The van der Waals surface area contributed by atoms with E-state index in [1.807, 2.05) is 12.1 Å². The average molecular weight is 575 g/mol. The molecule has 0 amide bonds. The van der Waals surface area contributed by atoms with E-state index in [0.717, 1.165) is 30.2 Å². The lowest BCUT2D eigenvalue weighted by molar-refractivity contribution is 0.192. The SMILES string of the molecule is CC1(C)CCC(CNC(=NCc2ccc(S(N)(=O)=O)cc2)NCCc2ccco2)CC1.I. The molecule has 0 saturated heterocycles. The fourth-order valence-electron chi connectivity index (χ4n) is 3.79. The highest BCUT2D eigenvalue weighted by molar-refractivity contribution is 14.0. The summed E-state index contributed by atoms with van der Waals surface area (Å²) in [7, 11) is -3.68. The molecule has 1 aliphatic carbocycles. The van der Waals surface area contributed by atoms with Crippen LogP contribution in [0.15, 0.2) is 57.0 Å². The van der Waals surface area contributed by atoms with Gasteiger partial charge in [-0.1, -0.05) is 26.0 Å². The summed E-state index contributed by atoms with van der Waals surface area (Å²) in [5.74, 6) is 2.34. The summed E-state index contributed by atoms with van der Waals surface area (Å²) in [6.45, 7) is 6.74. The fraction of sp³-hybridized carbons (Fsp3) is 0.522. The second-order valence-corrected chi connectivity index (χ2v) is 10.7. The van der Waals surface area contributed by atoms with Gasteiger partial charge >= 0.3 is 0 Å². The number of rotatable bonds is 8. The Labute approximate surface area is 208 Å². The van der Waals surface area contributed by atoms with Crippen molar-refractivity contribution in [2.75, 3.05) is 13.1 Å². The van der Waals surface area contributed by atoms with Crippen LogP contribution in [0.1, 0.15) is 50.9 Å². The number of nitrogens with two attached hydrogens (primary N) is 1. The van der Waals surface area contributed by atoms with Gasteiger partial charge in [-0.25, -0.2) is 18.5 Å². The summed E-state index contributed by atoms with van der Waals surface area (Å²) in [6.07, 6.45) is 7.43. The first-order valence-corrected chi connectivity index (χ1v) is 12.4. The maximum Gasteiger partial charge on any atom is 0.238 e. The number of benzene rings is 1. The maximum absolute atomic E-state index is 11.4. The molecule has 1 fully saturated rings. The van der Waals surface area contributed by atoms with Crippen LogP contribution in [0.3, 0.4) is 0 Å². The first-order chi connectivity index (χ1) is 14.7. The smallest absolute Gasteiger partial charge is 0.238 e. The second-order valence-electron chi connectivity index (χ2n) is 9.10. The summed E-state index contributed by atoms with van der Waals surface area (Å²) in [5.41, 5.74) is 1.37. The quantitative estimate of drug-likeness (QED) is 0.251. The number of aliphatic imine (C=N–C) groups is 1. The number of nitrogens with zero attached hydrogens (tertiary/aromatic N) is 1. The normalized spacial score (nSPS) is 16.9. The molecular weight excluding hydrogens is 539 g/mol. The molecule has 0 spiro atoms. The van der Waals surface area contributed by atoms with Gasteiger partial charge in [-0.2, -0.15) is 0 Å². The lowest BCUT2D eigenvalue weighted by Crippen LogP contribution is -2.41. The highest BCUT2D eigenvalue weighted by Crippen LogP contribution is 2.37. The van der Waals surface area contributed by atoms with E-state index in [9.17, 15) is 8.42 Å². The third kappa shape index (κ3) is 8.74. The summed E-state index contributed by atoms with van der Waals surface area (Å²) >= 11 is 0. The Hall–Kier alpha value is -1.59. The van der Waals surface area contributed by atoms with Crippen LogP contribution in [0.2, 0.25) is 0 Å². The van der Waals surface area contributed by atoms with Crippen LogP contribution in [0.5, 0.6) is 0 Å². The summed E-state index contributed by atoms with van der Waals surface area (Å²) in [5, 5.41) is 12.0. The molecule has 178 valence electrons. The molecule has 0 aliphatic heterocycles. The molecule has 1 saturated carbocycles. The van der Waals surface area contributed by atoms with Crippen LogP contribution in [-0.4, -0.2) is 27.5 Å². The molecule has 1 heterocycles. The minimum absolute atomic E-state index is 0. The van der Waals surface area contributed by atoms with Gasteiger partial charge in [0.15, 0.2) is 5.96 Å². The molecule has 3 rings (SSSR count). The molecule has 0 radical (unpaired) electrons. The van der Waals surface area contributed by atoms with Gasteiger partial charge in [0, 0.05) is 19.5 Å². The Kier molecular flexibility index (Phi) is 10.0. The van der Waals surface area contributed by atoms with Crippen LogP contribution in [0.25, 0.3) is 0 Å². The minimum atomic E-state index is -3.68. The Bertz CT molecular complexity index is 948. The van der Waals surface area contributed by atoms with Gasteiger partial charge in [0.25, 0.3) is 0 Å². The van der Waals surface area contributed by atoms with E-state index in [-0.39, 0.29) is 28.9 Å². The summed E-state index contributed by atoms with van der Waals surface area (Å²) in [6, 6.07) is 10.4. The molecule has 1 aromatic carbocycles. The Morgan fingerprint density at radius 3 is 2.44 bits per heavy atom. The highest BCUT2D eigenvalue weighted by atomic mass is 127. The Balaban J connectivity index is 0.00000363. The number of hydrogen-bond acceptors (Lipinski definition) is 4. The number of halogens is 1. The van der Waals surface area contributed by atoms with Crippen molar-refractivity contribution in [3.63, 3.8) is 0 Å². The van der Waals surface area contributed by atoms with Gasteiger partial charge in [-0.05, 0) is 66.8 Å². The zero-order valence-corrected chi connectivity index (χ0v) is 22.0. The highest BCUT2D eigenvalue weighted by Gasteiger charge is 2.26. The van der Waals surface area contributed by atoms with Crippen LogP contribution in [0, 0.1) is 11.3 Å². The predicted molar refractivity (Wildman–Crippen MR) is 139 cm³/mol. The van der Waals surface area contributed by atoms with Gasteiger partial charge in [0.1, 0.15) is 5.76 Å². The Morgan fingerprint density at radius 1 is 1.16 bits per heavy atom. The molecule has 0 atom stereocenters. The standard InChI is InChI=1S/C23H34N4O3S.HI/c1-23(2)12-9-19(10-13-23)17-27-22(25-14-11-20-4-3-15-30-20)26-16-18-5-7-21(8-6-18)31(24,28)29;/h3-8,15,19H,9-14,16-17H2,1-2H3,(H2,24,28,29)(H2,25,26,27);1H. The van der Waals surface area contributed by atoms with Crippen LogP contribution >= 0.6 is 24.0 Å². The zero-order chi connectivity index (χ0) is 22.3. The van der Waals surface area contributed by atoms with Gasteiger partial charge in [-0.3, -0.25) is 0 Å². The molecule has 0 unspecified atom stereocenters. The molecule has 32 heavy (non-hydrogen) atoms. The lowest BCUT2D eigenvalue weighted by Gasteiger charge is -2.34. The fourth-order valence-corrected chi connectivity index (χ4v) is 4.31. The van der Waals surface area contributed by atoms with Crippen LogP contribution < -0.4 is 15.8 Å². The number of hydrogen-bond donors (Lipinski definition) is 3. The van der Waals surface area contributed by atoms with E-state index in [0.29, 0.717) is 24.4 Å².